The Bertz CT molecular complexity index is 505. The van der Waals surface area contributed by atoms with Crippen molar-refractivity contribution < 1.29 is 4.42 Å². The monoisotopic (exact) mass is 287 g/mol. The smallest absolute Gasteiger partial charge is 0.0947 e. The first-order chi connectivity index (χ1) is 10.1. The zero-order chi connectivity index (χ0) is 15.1. The van der Waals surface area contributed by atoms with Gasteiger partial charge in [-0.2, -0.15) is 0 Å². The van der Waals surface area contributed by atoms with Gasteiger partial charge < -0.3 is 9.73 Å². The highest BCUT2D eigenvalue weighted by Crippen LogP contribution is 2.08. The van der Waals surface area contributed by atoms with E-state index in [0.29, 0.717) is 5.92 Å². The first-order valence-corrected chi connectivity index (χ1v) is 7.47. The maximum Gasteiger partial charge on any atom is 0.0947 e. The fourth-order valence-electron chi connectivity index (χ4n) is 2.19. The molecule has 21 heavy (non-hydrogen) atoms. The van der Waals surface area contributed by atoms with Crippen molar-refractivity contribution in [2.24, 2.45) is 5.92 Å². The molecule has 1 N–H and O–H groups in total. The fourth-order valence-corrected chi connectivity index (χ4v) is 2.19. The van der Waals surface area contributed by atoms with Gasteiger partial charge in [0.25, 0.3) is 0 Å². The first-order valence-electron chi connectivity index (χ1n) is 7.47. The van der Waals surface area contributed by atoms with E-state index in [2.05, 4.69) is 48.2 Å². The van der Waals surface area contributed by atoms with Crippen LogP contribution in [0.25, 0.3) is 0 Å². The molecule has 0 aliphatic heterocycles. The fraction of sp³-hybridized carbons (Fsp3) is 0.471. The molecule has 0 aromatic carbocycles. The van der Waals surface area contributed by atoms with Crippen molar-refractivity contribution in [2.45, 2.75) is 33.5 Å². The van der Waals surface area contributed by atoms with E-state index in [-0.39, 0.29) is 0 Å². The average Bonchev–Trinajstić information content (AvgIpc) is 2.93. The Labute approximate surface area is 127 Å². The van der Waals surface area contributed by atoms with Crippen LogP contribution in [0.3, 0.4) is 0 Å². The Balaban J connectivity index is 1.78. The molecule has 0 saturated carbocycles. The Hall–Kier alpha value is -1.65. The summed E-state index contributed by atoms with van der Waals surface area (Å²) in [7, 11) is 2.09. The summed E-state index contributed by atoms with van der Waals surface area (Å²) in [4.78, 5) is 6.77. The van der Waals surface area contributed by atoms with Crippen molar-refractivity contribution in [1.82, 2.24) is 15.2 Å². The molecule has 0 atom stereocenters. The summed E-state index contributed by atoms with van der Waals surface area (Å²) in [5, 5.41) is 3.43. The lowest BCUT2D eigenvalue weighted by Gasteiger charge is -2.15. The molecule has 2 aromatic rings. The lowest BCUT2D eigenvalue weighted by atomic mass is 10.2. The molecule has 2 aromatic heterocycles. The molecule has 4 nitrogen and oxygen atoms in total. The van der Waals surface area contributed by atoms with Crippen LogP contribution in [0, 0.1) is 5.92 Å². The van der Waals surface area contributed by atoms with Crippen LogP contribution in [0.4, 0.5) is 0 Å². The van der Waals surface area contributed by atoms with Gasteiger partial charge in [0.05, 0.1) is 18.2 Å². The van der Waals surface area contributed by atoms with E-state index in [1.165, 1.54) is 11.1 Å². The van der Waals surface area contributed by atoms with E-state index >= 15 is 0 Å². The van der Waals surface area contributed by atoms with Crippen molar-refractivity contribution in [3.05, 3.63) is 53.7 Å². The highest BCUT2D eigenvalue weighted by atomic mass is 16.3. The van der Waals surface area contributed by atoms with Gasteiger partial charge in [-0.25, -0.2) is 0 Å². The minimum atomic E-state index is 0.675. The molecule has 2 heterocycles. The van der Waals surface area contributed by atoms with Gasteiger partial charge in [-0.3, -0.25) is 9.88 Å². The average molecular weight is 287 g/mol. The number of furan rings is 1. The molecule has 0 spiro atoms. The third-order valence-corrected chi connectivity index (χ3v) is 3.23. The van der Waals surface area contributed by atoms with Gasteiger partial charge in [-0.1, -0.05) is 19.9 Å². The summed E-state index contributed by atoms with van der Waals surface area (Å²) in [6.07, 6.45) is 5.46. The number of nitrogens with one attached hydrogen (secondary N) is 1. The third-order valence-electron chi connectivity index (χ3n) is 3.23. The van der Waals surface area contributed by atoms with Gasteiger partial charge in [0.15, 0.2) is 0 Å². The summed E-state index contributed by atoms with van der Waals surface area (Å²) in [6, 6.07) is 6.26. The maximum atomic E-state index is 5.09. The van der Waals surface area contributed by atoms with Gasteiger partial charge in [0.1, 0.15) is 0 Å². The Kier molecular flexibility index (Phi) is 5.96. The van der Waals surface area contributed by atoms with Crippen LogP contribution in [0.15, 0.2) is 41.3 Å². The lowest BCUT2D eigenvalue weighted by Crippen LogP contribution is -2.19. The summed E-state index contributed by atoms with van der Waals surface area (Å²) in [5.41, 5.74) is 3.51. The second kappa shape index (κ2) is 7.96. The van der Waals surface area contributed by atoms with Crippen LogP contribution >= 0.6 is 0 Å². The summed E-state index contributed by atoms with van der Waals surface area (Å²) >= 11 is 0. The van der Waals surface area contributed by atoms with E-state index in [9.17, 15) is 0 Å². The van der Waals surface area contributed by atoms with Crippen molar-refractivity contribution in [1.29, 1.82) is 0 Å². The molecule has 0 radical (unpaired) electrons. The van der Waals surface area contributed by atoms with E-state index in [1.54, 1.807) is 12.5 Å². The molecule has 0 aliphatic rings. The molecular weight excluding hydrogens is 262 g/mol. The van der Waals surface area contributed by atoms with Gasteiger partial charge in [0.2, 0.25) is 0 Å². The van der Waals surface area contributed by atoms with Gasteiger partial charge in [0, 0.05) is 31.4 Å². The predicted molar refractivity (Wildman–Crippen MR) is 84.7 cm³/mol. The van der Waals surface area contributed by atoms with Crippen LogP contribution in [-0.4, -0.2) is 23.5 Å². The molecule has 0 bridgehead atoms. The number of hydrogen-bond acceptors (Lipinski definition) is 4. The summed E-state index contributed by atoms with van der Waals surface area (Å²) < 4.78 is 5.09. The molecule has 114 valence electrons. The Morgan fingerprint density at radius 2 is 2.05 bits per heavy atom. The Morgan fingerprint density at radius 3 is 2.67 bits per heavy atom. The standard InChI is InChI=1S/C17H25N3O/c1-14(2)8-18-9-15-4-5-17(19-10-15)12-20(3)11-16-6-7-21-13-16/h4-7,10,13-14,18H,8-9,11-12H2,1-3H3. The summed E-state index contributed by atoms with van der Waals surface area (Å²) in [5.74, 6) is 0.675. The van der Waals surface area contributed by atoms with Gasteiger partial charge in [-0.05, 0) is 37.2 Å². The van der Waals surface area contributed by atoms with Crippen LogP contribution in [0.2, 0.25) is 0 Å². The number of nitrogens with zero attached hydrogens (tertiary/aromatic N) is 2. The number of aromatic nitrogens is 1. The van der Waals surface area contributed by atoms with Crippen LogP contribution < -0.4 is 5.32 Å². The highest BCUT2D eigenvalue weighted by molar-refractivity contribution is 5.14. The quantitative estimate of drug-likeness (QED) is 0.810. The zero-order valence-corrected chi connectivity index (χ0v) is 13.2. The number of hydrogen-bond donors (Lipinski definition) is 1. The molecule has 0 aliphatic carbocycles. The molecule has 0 amide bonds. The molecule has 4 heteroatoms. The van der Waals surface area contributed by atoms with E-state index < -0.39 is 0 Å². The van der Waals surface area contributed by atoms with Crippen LogP contribution in [-0.2, 0) is 19.6 Å². The minimum Gasteiger partial charge on any atom is -0.472 e. The zero-order valence-electron chi connectivity index (χ0n) is 13.2. The van der Waals surface area contributed by atoms with E-state index in [0.717, 1.165) is 31.9 Å². The van der Waals surface area contributed by atoms with Crippen molar-refractivity contribution in [3.8, 4) is 0 Å². The van der Waals surface area contributed by atoms with E-state index in [1.807, 2.05) is 12.3 Å². The maximum absolute atomic E-state index is 5.09. The topological polar surface area (TPSA) is 41.3 Å². The van der Waals surface area contributed by atoms with Crippen LogP contribution in [0.1, 0.15) is 30.7 Å². The van der Waals surface area contributed by atoms with Crippen LogP contribution in [0.5, 0.6) is 0 Å². The van der Waals surface area contributed by atoms with Gasteiger partial charge in [-0.15, -0.1) is 0 Å². The Morgan fingerprint density at radius 1 is 1.19 bits per heavy atom. The molecule has 2 rings (SSSR count). The second-order valence-electron chi connectivity index (χ2n) is 5.99. The van der Waals surface area contributed by atoms with Gasteiger partial charge >= 0.3 is 0 Å². The SMILES string of the molecule is CC(C)CNCc1ccc(CN(C)Cc2ccoc2)nc1. The molecule has 0 fully saturated rings. The van der Waals surface area contributed by atoms with Crippen molar-refractivity contribution >= 4 is 0 Å². The van der Waals surface area contributed by atoms with E-state index in [4.69, 9.17) is 4.42 Å². The highest BCUT2D eigenvalue weighted by Gasteiger charge is 2.04. The summed E-state index contributed by atoms with van der Waals surface area (Å²) in [6.45, 7) is 8.06. The normalized spacial score (nSPS) is 11.5. The molecule has 0 unspecified atom stereocenters. The number of rotatable bonds is 8. The largest absolute Gasteiger partial charge is 0.472 e. The minimum absolute atomic E-state index is 0.675. The molecular formula is C17H25N3O. The van der Waals surface area contributed by atoms with Crippen molar-refractivity contribution in [3.63, 3.8) is 0 Å². The second-order valence-corrected chi connectivity index (χ2v) is 5.99. The predicted octanol–water partition coefficient (Wildman–Crippen LogP) is 3.05. The van der Waals surface area contributed by atoms with Crippen molar-refractivity contribution in [2.75, 3.05) is 13.6 Å². The lowest BCUT2D eigenvalue weighted by molar-refractivity contribution is 0.314. The third kappa shape index (κ3) is 5.69. The molecule has 0 saturated heterocycles. The number of pyridine rings is 1. The first kappa shape index (κ1) is 15.7.